The highest BCUT2D eigenvalue weighted by molar-refractivity contribution is 6.42. The first-order chi connectivity index (χ1) is 4.61. The molecule has 56 valence electrons. The number of alkyl halides is 1. The van der Waals surface area contributed by atoms with Gasteiger partial charge in [0, 0.05) is 12.8 Å². The summed E-state index contributed by atoms with van der Waals surface area (Å²) in [7, 11) is 0. The van der Waals surface area contributed by atoms with Crippen molar-refractivity contribution in [3.05, 3.63) is 0 Å². The van der Waals surface area contributed by atoms with Crippen molar-refractivity contribution in [1.29, 1.82) is 0 Å². The molecule has 2 nitrogen and oxygen atoms in total. The summed E-state index contributed by atoms with van der Waals surface area (Å²) in [5, 5.41) is -0.851. The fourth-order valence-corrected chi connectivity index (χ4v) is 1.32. The molecule has 0 N–H and O–H groups in total. The molecule has 0 amide bonds. The summed E-state index contributed by atoms with van der Waals surface area (Å²) in [5.74, 6) is -0.0502. The third kappa shape index (κ3) is 1.37. The maximum absolute atomic E-state index is 10.9. The summed E-state index contributed by atoms with van der Waals surface area (Å²) in [6.07, 6.45) is 0.916. The molecule has 0 atom stereocenters. The highest BCUT2D eigenvalue weighted by Crippen LogP contribution is 2.21. The van der Waals surface area contributed by atoms with Crippen LogP contribution in [0.5, 0.6) is 0 Å². The van der Waals surface area contributed by atoms with Crippen molar-refractivity contribution in [3.8, 4) is 0 Å². The zero-order valence-corrected chi connectivity index (χ0v) is 6.52. The molecule has 0 radical (unpaired) electrons. The quantitative estimate of drug-likeness (QED) is 0.394. The minimum Gasteiger partial charge on any atom is -0.298 e. The van der Waals surface area contributed by atoms with Crippen molar-refractivity contribution in [2.75, 3.05) is 0 Å². The van der Waals surface area contributed by atoms with E-state index in [1.807, 2.05) is 6.92 Å². The van der Waals surface area contributed by atoms with Crippen LogP contribution in [0.15, 0.2) is 0 Å². The number of carbonyl (C=O) groups is 2. The Morgan fingerprint density at radius 1 is 1.30 bits per heavy atom. The van der Waals surface area contributed by atoms with Gasteiger partial charge in [0.1, 0.15) is 0 Å². The average Bonchev–Trinajstić information content (AvgIpc) is 1.82. The summed E-state index contributed by atoms with van der Waals surface area (Å²) in [5.41, 5.74) is 0. The molecule has 1 saturated carbocycles. The van der Waals surface area contributed by atoms with Gasteiger partial charge >= 0.3 is 0 Å². The van der Waals surface area contributed by atoms with E-state index in [9.17, 15) is 9.59 Å². The third-order valence-electron chi connectivity index (χ3n) is 1.66. The summed E-state index contributed by atoms with van der Waals surface area (Å²) in [6, 6.07) is 0. The summed E-state index contributed by atoms with van der Waals surface area (Å²) >= 11 is 5.48. The molecule has 0 heterocycles. The molecule has 1 fully saturated rings. The zero-order valence-electron chi connectivity index (χ0n) is 5.76. The van der Waals surface area contributed by atoms with Gasteiger partial charge in [-0.1, -0.05) is 6.92 Å². The van der Waals surface area contributed by atoms with E-state index >= 15 is 0 Å². The molecule has 0 saturated heterocycles. The van der Waals surface area contributed by atoms with E-state index < -0.39 is 5.38 Å². The van der Waals surface area contributed by atoms with E-state index in [4.69, 9.17) is 11.6 Å². The van der Waals surface area contributed by atoms with Crippen molar-refractivity contribution in [2.45, 2.75) is 25.1 Å². The molecule has 1 rings (SSSR count). The van der Waals surface area contributed by atoms with Gasteiger partial charge in [-0.2, -0.15) is 0 Å². The molecule has 1 aliphatic carbocycles. The molecule has 0 aliphatic heterocycles. The van der Waals surface area contributed by atoms with Crippen LogP contribution < -0.4 is 0 Å². The Morgan fingerprint density at radius 2 is 1.70 bits per heavy atom. The molecule has 10 heavy (non-hydrogen) atoms. The van der Waals surface area contributed by atoms with Gasteiger partial charge in [-0.15, -0.1) is 11.6 Å². The first-order valence-corrected chi connectivity index (χ1v) is 3.74. The van der Waals surface area contributed by atoms with Gasteiger partial charge in [-0.25, -0.2) is 0 Å². The van der Waals surface area contributed by atoms with Crippen molar-refractivity contribution in [1.82, 2.24) is 0 Å². The maximum Gasteiger partial charge on any atom is 0.158 e. The Labute approximate surface area is 64.5 Å². The van der Waals surface area contributed by atoms with E-state index in [-0.39, 0.29) is 17.5 Å². The van der Waals surface area contributed by atoms with Gasteiger partial charge in [0.2, 0.25) is 0 Å². The summed E-state index contributed by atoms with van der Waals surface area (Å²) in [6.45, 7) is 1.89. The lowest BCUT2D eigenvalue weighted by Gasteiger charge is -2.18. The second-order valence-corrected chi connectivity index (χ2v) is 3.25. The van der Waals surface area contributed by atoms with E-state index in [1.54, 1.807) is 0 Å². The fraction of sp³-hybridized carbons (Fsp3) is 0.714. The number of ketones is 2. The molecule has 1 aliphatic rings. The van der Waals surface area contributed by atoms with Crippen molar-refractivity contribution >= 4 is 23.2 Å². The lowest BCUT2D eigenvalue weighted by atomic mass is 9.89. The molecule has 0 aromatic heterocycles. The second-order valence-electron chi connectivity index (χ2n) is 2.81. The Bertz CT molecular complexity index is 158. The SMILES string of the molecule is CC1CC(=O)C(Cl)C(=O)C1. The molecular weight excluding hydrogens is 152 g/mol. The number of hydrogen-bond donors (Lipinski definition) is 0. The molecule has 0 spiro atoms. The minimum absolute atomic E-state index is 0.120. The van der Waals surface area contributed by atoms with Crippen LogP contribution in [-0.4, -0.2) is 16.9 Å². The van der Waals surface area contributed by atoms with E-state index in [0.717, 1.165) is 0 Å². The first-order valence-electron chi connectivity index (χ1n) is 3.30. The van der Waals surface area contributed by atoms with Crippen LogP contribution in [0.2, 0.25) is 0 Å². The van der Waals surface area contributed by atoms with Crippen LogP contribution in [0, 0.1) is 5.92 Å². The normalized spacial score (nSPS) is 34.6. The van der Waals surface area contributed by atoms with Gasteiger partial charge < -0.3 is 0 Å². The van der Waals surface area contributed by atoms with Crippen molar-refractivity contribution in [2.24, 2.45) is 5.92 Å². The molecular formula is C7H9ClO2. The van der Waals surface area contributed by atoms with Crippen LogP contribution in [0.3, 0.4) is 0 Å². The number of Topliss-reactive ketones (excluding diaryl/α,β-unsaturated/α-hetero) is 2. The predicted octanol–water partition coefficient (Wildman–Crippen LogP) is 1.16. The molecule has 0 aromatic rings. The van der Waals surface area contributed by atoms with Crippen molar-refractivity contribution in [3.63, 3.8) is 0 Å². The van der Waals surface area contributed by atoms with Crippen LogP contribution in [0.25, 0.3) is 0 Å². The zero-order chi connectivity index (χ0) is 7.72. The van der Waals surface area contributed by atoms with Crippen molar-refractivity contribution < 1.29 is 9.59 Å². The van der Waals surface area contributed by atoms with Gasteiger partial charge in [-0.3, -0.25) is 9.59 Å². The third-order valence-corrected chi connectivity index (χ3v) is 2.15. The smallest absolute Gasteiger partial charge is 0.158 e. The first kappa shape index (κ1) is 7.73. The highest BCUT2D eigenvalue weighted by Gasteiger charge is 2.31. The summed E-state index contributed by atoms with van der Waals surface area (Å²) < 4.78 is 0. The maximum atomic E-state index is 10.9. The van der Waals surface area contributed by atoms with Crippen LogP contribution in [-0.2, 0) is 9.59 Å². The average molecular weight is 161 g/mol. The van der Waals surface area contributed by atoms with Crippen LogP contribution in [0.1, 0.15) is 19.8 Å². The van der Waals surface area contributed by atoms with E-state index in [2.05, 4.69) is 0 Å². The number of halogens is 1. The van der Waals surface area contributed by atoms with Gasteiger partial charge in [0.25, 0.3) is 0 Å². The topological polar surface area (TPSA) is 34.1 Å². The van der Waals surface area contributed by atoms with E-state index in [1.165, 1.54) is 0 Å². The monoisotopic (exact) mass is 160 g/mol. The number of carbonyl (C=O) groups excluding carboxylic acids is 2. The van der Waals surface area contributed by atoms with Crippen LogP contribution >= 0.6 is 11.6 Å². The Kier molecular flexibility index (Phi) is 2.09. The molecule has 0 aromatic carbocycles. The Hall–Kier alpha value is -0.370. The largest absolute Gasteiger partial charge is 0.298 e. The van der Waals surface area contributed by atoms with Gasteiger partial charge in [0.05, 0.1) is 0 Å². The fourth-order valence-electron chi connectivity index (χ4n) is 1.15. The van der Waals surface area contributed by atoms with Gasteiger partial charge in [0.15, 0.2) is 16.9 Å². The lowest BCUT2D eigenvalue weighted by Crippen LogP contribution is -2.32. The number of rotatable bonds is 0. The number of hydrogen-bond acceptors (Lipinski definition) is 2. The molecule has 0 bridgehead atoms. The van der Waals surface area contributed by atoms with Crippen LogP contribution in [0.4, 0.5) is 0 Å². The highest BCUT2D eigenvalue weighted by atomic mass is 35.5. The van der Waals surface area contributed by atoms with E-state index in [0.29, 0.717) is 12.8 Å². The molecule has 0 unspecified atom stereocenters. The Balaban J connectivity index is 2.66. The predicted molar refractivity (Wildman–Crippen MR) is 38.1 cm³/mol. The standard InChI is InChI=1S/C7H9ClO2/c1-4-2-5(9)7(8)6(10)3-4/h4,7H,2-3H2,1H3. The molecule has 3 heteroatoms. The Morgan fingerprint density at radius 3 is 2.10 bits per heavy atom. The minimum atomic E-state index is -0.851. The van der Waals surface area contributed by atoms with Gasteiger partial charge in [-0.05, 0) is 5.92 Å². The summed E-state index contributed by atoms with van der Waals surface area (Å²) in [4.78, 5) is 21.7. The second kappa shape index (κ2) is 2.70. The lowest BCUT2D eigenvalue weighted by molar-refractivity contribution is -0.130.